The predicted octanol–water partition coefficient (Wildman–Crippen LogP) is 4.85. The summed E-state index contributed by atoms with van der Waals surface area (Å²) in [6, 6.07) is 18.5. The molecule has 0 saturated heterocycles. The van der Waals surface area contributed by atoms with Crippen molar-refractivity contribution in [2.24, 2.45) is 5.73 Å². The maximum absolute atomic E-state index is 6.21. The van der Waals surface area contributed by atoms with Crippen LogP contribution in [0.2, 0.25) is 0 Å². The average Bonchev–Trinajstić information content (AvgIpc) is 2.54. The first-order chi connectivity index (χ1) is 10.3. The Kier molecular flexibility index (Phi) is 6.29. The van der Waals surface area contributed by atoms with Gasteiger partial charge in [0.05, 0.1) is 0 Å². The molecular formula is C19H25NO. The van der Waals surface area contributed by atoms with E-state index in [2.05, 4.69) is 31.2 Å². The van der Waals surface area contributed by atoms with E-state index < -0.39 is 0 Å². The second-order valence-corrected chi connectivity index (χ2v) is 5.45. The zero-order valence-electron chi connectivity index (χ0n) is 12.8. The van der Waals surface area contributed by atoms with Gasteiger partial charge in [-0.2, -0.15) is 0 Å². The Balaban J connectivity index is 1.84. The van der Waals surface area contributed by atoms with Crippen LogP contribution in [-0.4, -0.2) is 0 Å². The Bertz CT molecular complexity index is 507. The van der Waals surface area contributed by atoms with Crippen LogP contribution in [0.5, 0.6) is 5.75 Å². The Morgan fingerprint density at radius 3 is 2.33 bits per heavy atom. The number of ether oxygens (including phenoxy) is 1. The van der Waals surface area contributed by atoms with Crippen molar-refractivity contribution in [3.05, 3.63) is 65.7 Å². The molecule has 0 bridgehead atoms. The highest BCUT2D eigenvalue weighted by Crippen LogP contribution is 2.21. The van der Waals surface area contributed by atoms with Gasteiger partial charge in [0.1, 0.15) is 12.4 Å². The molecule has 0 spiro atoms. The first kappa shape index (κ1) is 15.6. The number of hydrogen-bond acceptors (Lipinski definition) is 2. The Hall–Kier alpha value is -1.80. The van der Waals surface area contributed by atoms with Crippen molar-refractivity contribution in [3.8, 4) is 5.75 Å². The molecule has 1 atom stereocenters. The zero-order valence-corrected chi connectivity index (χ0v) is 12.8. The van der Waals surface area contributed by atoms with Crippen LogP contribution in [0.25, 0.3) is 0 Å². The Morgan fingerprint density at radius 1 is 0.952 bits per heavy atom. The lowest BCUT2D eigenvalue weighted by Gasteiger charge is -2.13. The molecule has 0 aromatic heterocycles. The molecule has 0 amide bonds. The highest BCUT2D eigenvalue weighted by molar-refractivity contribution is 5.29. The maximum atomic E-state index is 6.21. The van der Waals surface area contributed by atoms with E-state index in [9.17, 15) is 0 Å². The summed E-state index contributed by atoms with van der Waals surface area (Å²) in [5.41, 5.74) is 8.58. The lowest BCUT2D eigenvalue weighted by Crippen LogP contribution is -2.09. The van der Waals surface area contributed by atoms with Crippen LogP contribution >= 0.6 is 0 Å². The smallest absolute Gasteiger partial charge is 0.119 e. The van der Waals surface area contributed by atoms with Gasteiger partial charge in [0.25, 0.3) is 0 Å². The molecule has 0 aliphatic carbocycles. The van der Waals surface area contributed by atoms with Crippen molar-refractivity contribution < 1.29 is 4.74 Å². The summed E-state index contributed by atoms with van der Waals surface area (Å²) in [6.45, 7) is 2.81. The second kappa shape index (κ2) is 8.48. The zero-order chi connectivity index (χ0) is 14.9. The van der Waals surface area contributed by atoms with E-state index in [0.29, 0.717) is 6.61 Å². The molecule has 112 valence electrons. The fourth-order valence-corrected chi connectivity index (χ4v) is 2.33. The third-order valence-electron chi connectivity index (χ3n) is 3.68. The monoisotopic (exact) mass is 283 g/mol. The first-order valence-electron chi connectivity index (χ1n) is 7.82. The molecule has 21 heavy (non-hydrogen) atoms. The van der Waals surface area contributed by atoms with Crippen LogP contribution in [0.4, 0.5) is 0 Å². The number of unbranched alkanes of at least 4 members (excludes halogenated alkanes) is 2. The van der Waals surface area contributed by atoms with Gasteiger partial charge in [0.15, 0.2) is 0 Å². The van der Waals surface area contributed by atoms with E-state index in [1.54, 1.807) is 0 Å². The molecule has 0 unspecified atom stereocenters. The quantitative estimate of drug-likeness (QED) is 0.703. The van der Waals surface area contributed by atoms with Crippen LogP contribution in [0.15, 0.2) is 54.6 Å². The van der Waals surface area contributed by atoms with Crippen molar-refractivity contribution in [1.82, 2.24) is 0 Å². The van der Waals surface area contributed by atoms with Crippen molar-refractivity contribution >= 4 is 0 Å². The van der Waals surface area contributed by atoms with Crippen LogP contribution in [0, 0.1) is 0 Å². The molecule has 2 aromatic rings. The predicted molar refractivity (Wildman–Crippen MR) is 88.3 cm³/mol. The maximum Gasteiger partial charge on any atom is 0.119 e. The molecule has 0 saturated carbocycles. The fourth-order valence-electron chi connectivity index (χ4n) is 2.33. The summed E-state index contributed by atoms with van der Waals surface area (Å²) in [7, 11) is 0. The van der Waals surface area contributed by atoms with Gasteiger partial charge in [-0.25, -0.2) is 0 Å². The largest absolute Gasteiger partial charge is 0.489 e. The molecule has 0 heterocycles. The molecule has 2 N–H and O–H groups in total. The second-order valence-electron chi connectivity index (χ2n) is 5.45. The highest BCUT2D eigenvalue weighted by Gasteiger charge is 2.05. The standard InChI is InChI=1S/C19H25NO/c1-2-3-5-10-19(20)17-11-13-18(14-12-17)21-15-16-8-6-4-7-9-16/h4,6-9,11-14,19H,2-3,5,10,15,20H2,1H3/t19-/m1/s1. The van der Waals surface area contributed by atoms with Gasteiger partial charge in [-0.3, -0.25) is 0 Å². The molecule has 0 radical (unpaired) electrons. The fraction of sp³-hybridized carbons (Fsp3) is 0.368. The minimum Gasteiger partial charge on any atom is -0.489 e. The van der Waals surface area contributed by atoms with Crippen LogP contribution in [-0.2, 0) is 6.61 Å². The highest BCUT2D eigenvalue weighted by atomic mass is 16.5. The molecule has 2 aromatic carbocycles. The minimum absolute atomic E-state index is 0.139. The molecule has 0 fully saturated rings. The average molecular weight is 283 g/mol. The summed E-state index contributed by atoms with van der Waals surface area (Å²) >= 11 is 0. The number of nitrogens with two attached hydrogens (primary N) is 1. The summed E-state index contributed by atoms with van der Waals surface area (Å²) < 4.78 is 5.78. The van der Waals surface area contributed by atoms with Gasteiger partial charge in [0, 0.05) is 6.04 Å². The third kappa shape index (κ3) is 5.24. The van der Waals surface area contributed by atoms with Gasteiger partial charge in [-0.1, -0.05) is 68.7 Å². The van der Waals surface area contributed by atoms with Gasteiger partial charge < -0.3 is 10.5 Å². The van der Waals surface area contributed by atoms with Crippen molar-refractivity contribution in [2.75, 3.05) is 0 Å². The van der Waals surface area contributed by atoms with Crippen LogP contribution in [0.3, 0.4) is 0 Å². The van der Waals surface area contributed by atoms with Gasteiger partial charge >= 0.3 is 0 Å². The van der Waals surface area contributed by atoms with Crippen LogP contribution < -0.4 is 10.5 Å². The Labute approximate surface area is 127 Å². The normalized spacial score (nSPS) is 12.1. The molecule has 2 nitrogen and oxygen atoms in total. The SMILES string of the molecule is CCCCC[C@@H](N)c1ccc(OCc2ccccc2)cc1. The van der Waals surface area contributed by atoms with Crippen LogP contribution in [0.1, 0.15) is 49.8 Å². The van der Waals surface area contributed by atoms with Gasteiger partial charge in [0.2, 0.25) is 0 Å². The number of benzene rings is 2. The molecule has 0 aliphatic rings. The van der Waals surface area contributed by atoms with E-state index >= 15 is 0 Å². The van der Waals surface area contributed by atoms with Gasteiger partial charge in [-0.05, 0) is 29.7 Å². The number of rotatable bonds is 8. The summed E-state index contributed by atoms with van der Waals surface area (Å²) in [5, 5.41) is 0. The van der Waals surface area contributed by atoms with E-state index in [4.69, 9.17) is 10.5 Å². The van der Waals surface area contributed by atoms with Crippen molar-refractivity contribution in [1.29, 1.82) is 0 Å². The van der Waals surface area contributed by atoms with E-state index in [1.807, 2.05) is 30.3 Å². The number of hydrogen-bond donors (Lipinski definition) is 1. The summed E-state index contributed by atoms with van der Waals surface area (Å²) in [4.78, 5) is 0. The molecule has 0 aliphatic heterocycles. The molecule has 2 heteroatoms. The summed E-state index contributed by atoms with van der Waals surface area (Å²) in [5.74, 6) is 0.892. The lowest BCUT2D eigenvalue weighted by atomic mass is 10.0. The van der Waals surface area contributed by atoms with Gasteiger partial charge in [-0.15, -0.1) is 0 Å². The molecular weight excluding hydrogens is 258 g/mol. The van der Waals surface area contributed by atoms with Crippen molar-refractivity contribution in [3.63, 3.8) is 0 Å². The van der Waals surface area contributed by atoms with E-state index in [-0.39, 0.29) is 6.04 Å². The van der Waals surface area contributed by atoms with Crippen molar-refractivity contribution in [2.45, 2.75) is 45.3 Å². The molecule has 2 rings (SSSR count). The van der Waals surface area contributed by atoms with E-state index in [0.717, 1.165) is 12.2 Å². The summed E-state index contributed by atoms with van der Waals surface area (Å²) in [6.07, 6.45) is 4.74. The van der Waals surface area contributed by atoms with E-state index in [1.165, 1.54) is 30.4 Å². The first-order valence-corrected chi connectivity index (χ1v) is 7.82. The minimum atomic E-state index is 0.139. The Morgan fingerprint density at radius 2 is 1.67 bits per heavy atom. The third-order valence-corrected chi connectivity index (χ3v) is 3.68. The lowest BCUT2D eigenvalue weighted by molar-refractivity contribution is 0.306. The topological polar surface area (TPSA) is 35.2 Å².